The lowest BCUT2D eigenvalue weighted by molar-refractivity contribution is -0.132. The number of fused-ring (bicyclic) bond motifs is 3. The van der Waals surface area contributed by atoms with Gasteiger partial charge < -0.3 is 4.90 Å². The maximum absolute atomic E-state index is 13.2. The van der Waals surface area contributed by atoms with E-state index in [0.29, 0.717) is 5.52 Å². The van der Waals surface area contributed by atoms with Crippen molar-refractivity contribution in [2.45, 2.75) is 12.6 Å². The van der Waals surface area contributed by atoms with E-state index in [9.17, 15) is 9.59 Å². The molecule has 0 aliphatic heterocycles. The molecule has 0 N–H and O–H groups in total. The molecule has 0 bridgehead atoms. The van der Waals surface area contributed by atoms with Crippen LogP contribution in [0.5, 0.6) is 0 Å². The van der Waals surface area contributed by atoms with Crippen LogP contribution in [0.1, 0.15) is 17.2 Å². The van der Waals surface area contributed by atoms with E-state index in [4.69, 9.17) is 0 Å². The van der Waals surface area contributed by atoms with Crippen molar-refractivity contribution >= 4 is 33.0 Å². The number of thiophene rings is 1. The molecule has 154 valence electrons. The third kappa shape index (κ3) is 3.43. The van der Waals surface area contributed by atoms with Gasteiger partial charge >= 0.3 is 0 Å². The molecule has 3 aromatic heterocycles. The Morgan fingerprint density at radius 3 is 2.32 bits per heavy atom. The summed E-state index contributed by atoms with van der Waals surface area (Å²) in [5, 5.41) is 7.24. The van der Waals surface area contributed by atoms with Gasteiger partial charge in [-0.2, -0.15) is 5.10 Å². The Morgan fingerprint density at radius 2 is 1.68 bits per heavy atom. The van der Waals surface area contributed by atoms with E-state index >= 15 is 0 Å². The highest BCUT2D eigenvalue weighted by Gasteiger charge is 2.24. The lowest BCUT2D eigenvalue weighted by atomic mass is 9.97. The van der Waals surface area contributed by atoms with Gasteiger partial charge in [-0.15, -0.1) is 11.3 Å². The van der Waals surface area contributed by atoms with Crippen LogP contribution in [0, 0.1) is 0 Å². The standard InChI is InChI=1S/C24H20N4O2S/c1-26(22(17-8-4-2-5-9-17)18-10-6-3-7-11-18)21(29)15-28-23(30)20-14-19-12-13-31-24(19)27(20)16-25-28/h2-14,16,22H,15H2,1H3. The SMILES string of the molecule is CN(C(=O)Cn1ncn2c(cc3ccsc32)c1=O)C(c1ccccc1)c1ccccc1. The van der Waals surface area contributed by atoms with Crippen LogP contribution in [-0.2, 0) is 11.3 Å². The first-order valence-electron chi connectivity index (χ1n) is 9.93. The van der Waals surface area contributed by atoms with Gasteiger partial charge in [0, 0.05) is 12.4 Å². The van der Waals surface area contributed by atoms with Crippen molar-refractivity contribution < 1.29 is 4.79 Å². The Balaban J connectivity index is 1.48. The number of aromatic nitrogens is 3. The molecule has 0 saturated heterocycles. The zero-order valence-electron chi connectivity index (χ0n) is 16.9. The monoisotopic (exact) mass is 428 g/mol. The molecule has 1 amide bonds. The first-order valence-corrected chi connectivity index (χ1v) is 10.8. The van der Waals surface area contributed by atoms with Crippen LogP contribution in [0.4, 0.5) is 0 Å². The molecule has 0 spiro atoms. The predicted octanol–water partition coefficient (Wildman–Crippen LogP) is 3.96. The van der Waals surface area contributed by atoms with Crippen LogP contribution in [-0.4, -0.2) is 32.0 Å². The minimum Gasteiger partial charge on any atom is -0.333 e. The molecule has 0 aliphatic carbocycles. The number of likely N-dealkylation sites (N-methyl/N-ethyl adjacent to an activating group) is 1. The third-order valence-corrected chi connectivity index (χ3v) is 6.43. The van der Waals surface area contributed by atoms with Gasteiger partial charge in [-0.3, -0.25) is 14.0 Å². The molecule has 31 heavy (non-hydrogen) atoms. The maximum Gasteiger partial charge on any atom is 0.291 e. The van der Waals surface area contributed by atoms with Crippen LogP contribution < -0.4 is 5.56 Å². The summed E-state index contributed by atoms with van der Waals surface area (Å²) in [6.07, 6.45) is 1.61. The van der Waals surface area contributed by atoms with Crippen LogP contribution in [0.2, 0.25) is 0 Å². The second-order valence-electron chi connectivity index (χ2n) is 7.40. The third-order valence-electron chi connectivity index (χ3n) is 5.50. The van der Waals surface area contributed by atoms with Gasteiger partial charge in [-0.05, 0) is 28.6 Å². The number of benzene rings is 2. The summed E-state index contributed by atoms with van der Waals surface area (Å²) in [5.74, 6) is -0.190. The van der Waals surface area contributed by atoms with E-state index in [1.807, 2.05) is 78.2 Å². The van der Waals surface area contributed by atoms with Crippen molar-refractivity contribution in [2.75, 3.05) is 7.05 Å². The molecule has 7 heteroatoms. The molecule has 0 aliphatic rings. The lowest BCUT2D eigenvalue weighted by Crippen LogP contribution is -2.38. The van der Waals surface area contributed by atoms with E-state index in [-0.39, 0.29) is 24.1 Å². The van der Waals surface area contributed by atoms with E-state index in [1.165, 1.54) is 4.68 Å². The first-order chi connectivity index (χ1) is 15.1. The number of hydrogen-bond donors (Lipinski definition) is 0. The summed E-state index contributed by atoms with van der Waals surface area (Å²) in [5.41, 5.74) is 2.26. The van der Waals surface area contributed by atoms with Gasteiger partial charge in [0.2, 0.25) is 5.91 Å². The molecule has 0 saturated carbocycles. The maximum atomic E-state index is 13.2. The zero-order valence-corrected chi connectivity index (χ0v) is 17.7. The number of carbonyl (C=O) groups excluding carboxylic acids is 1. The van der Waals surface area contributed by atoms with E-state index in [2.05, 4.69) is 5.10 Å². The van der Waals surface area contributed by atoms with Crippen LogP contribution in [0.15, 0.2) is 89.3 Å². The van der Waals surface area contributed by atoms with E-state index in [1.54, 1.807) is 34.0 Å². The highest BCUT2D eigenvalue weighted by atomic mass is 32.1. The van der Waals surface area contributed by atoms with Crippen LogP contribution in [0.25, 0.3) is 15.7 Å². The molecule has 3 heterocycles. The Hall–Kier alpha value is -3.71. The molecule has 6 nitrogen and oxygen atoms in total. The van der Waals surface area contributed by atoms with Crippen molar-refractivity contribution in [3.05, 3.63) is 106 Å². The van der Waals surface area contributed by atoms with E-state index in [0.717, 1.165) is 21.3 Å². The van der Waals surface area contributed by atoms with Crippen molar-refractivity contribution in [1.82, 2.24) is 19.1 Å². The van der Waals surface area contributed by atoms with E-state index < -0.39 is 0 Å². The normalized spacial score (nSPS) is 11.4. The summed E-state index contributed by atoms with van der Waals surface area (Å²) in [6, 6.07) is 23.3. The minimum atomic E-state index is -0.274. The van der Waals surface area contributed by atoms with Crippen molar-refractivity contribution in [3.63, 3.8) is 0 Å². The largest absolute Gasteiger partial charge is 0.333 e. The fourth-order valence-corrected chi connectivity index (χ4v) is 4.79. The fraction of sp³-hybridized carbons (Fsp3) is 0.125. The molecular weight excluding hydrogens is 408 g/mol. The number of carbonyl (C=O) groups is 1. The van der Waals surface area contributed by atoms with Crippen LogP contribution in [0.3, 0.4) is 0 Å². The average molecular weight is 429 g/mol. The Kier molecular flexibility index (Phi) is 4.88. The highest BCUT2D eigenvalue weighted by molar-refractivity contribution is 7.16. The topological polar surface area (TPSA) is 59.6 Å². The first kappa shape index (κ1) is 19.3. The molecule has 2 aromatic carbocycles. The molecular formula is C24H20N4O2S. The Morgan fingerprint density at radius 1 is 1.03 bits per heavy atom. The molecule has 5 aromatic rings. The minimum absolute atomic E-state index is 0.124. The average Bonchev–Trinajstić information content (AvgIpc) is 3.39. The quantitative estimate of drug-likeness (QED) is 0.426. The number of rotatable bonds is 5. The van der Waals surface area contributed by atoms with Crippen molar-refractivity contribution in [2.24, 2.45) is 0 Å². The van der Waals surface area contributed by atoms with Crippen molar-refractivity contribution in [3.8, 4) is 0 Å². The smallest absolute Gasteiger partial charge is 0.291 e. The Bertz CT molecular complexity index is 1380. The second kappa shape index (κ2) is 7.85. The molecule has 0 radical (unpaired) electrons. The highest BCUT2D eigenvalue weighted by Crippen LogP contribution is 2.28. The summed E-state index contributed by atoms with van der Waals surface area (Å²) in [4.78, 5) is 28.9. The van der Waals surface area contributed by atoms with Gasteiger partial charge in [-0.1, -0.05) is 60.7 Å². The molecule has 0 unspecified atom stereocenters. The predicted molar refractivity (Wildman–Crippen MR) is 122 cm³/mol. The lowest BCUT2D eigenvalue weighted by Gasteiger charge is -2.29. The number of nitrogens with zero attached hydrogens (tertiary/aromatic N) is 4. The summed E-state index contributed by atoms with van der Waals surface area (Å²) < 4.78 is 3.02. The fourth-order valence-electron chi connectivity index (χ4n) is 3.93. The second-order valence-corrected chi connectivity index (χ2v) is 8.30. The molecule has 0 fully saturated rings. The van der Waals surface area contributed by atoms with Gasteiger partial charge in [-0.25, -0.2) is 4.68 Å². The molecule has 5 rings (SSSR count). The summed E-state index contributed by atoms with van der Waals surface area (Å²) >= 11 is 1.56. The number of hydrogen-bond acceptors (Lipinski definition) is 4. The molecule has 0 atom stereocenters. The summed E-state index contributed by atoms with van der Waals surface area (Å²) in [7, 11) is 1.77. The summed E-state index contributed by atoms with van der Waals surface area (Å²) in [6.45, 7) is -0.124. The van der Waals surface area contributed by atoms with Gasteiger partial charge in [0.1, 0.15) is 23.2 Å². The Labute approximate surface area is 182 Å². The van der Waals surface area contributed by atoms with Gasteiger partial charge in [0.25, 0.3) is 5.56 Å². The zero-order chi connectivity index (χ0) is 21.4. The van der Waals surface area contributed by atoms with Crippen molar-refractivity contribution in [1.29, 1.82) is 0 Å². The van der Waals surface area contributed by atoms with Gasteiger partial charge in [0.15, 0.2) is 0 Å². The van der Waals surface area contributed by atoms with Crippen LogP contribution >= 0.6 is 11.3 Å². The van der Waals surface area contributed by atoms with Gasteiger partial charge in [0.05, 0.1) is 6.04 Å². The number of amides is 1.